The summed E-state index contributed by atoms with van der Waals surface area (Å²) < 4.78 is 13.6. The summed E-state index contributed by atoms with van der Waals surface area (Å²) in [6.07, 6.45) is 6.32. The highest BCUT2D eigenvalue weighted by Crippen LogP contribution is 2.33. The molecule has 0 aliphatic heterocycles. The normalized spacial score (nSPS) is 21.4. The van der Waals surface area contributed by atoms with Crippen molar-refractivity contribution in [2.45, 2.75) is 19.0 Å². The Morgan fingerprint density at radius 1 is 1.57 bits per heavy atom. The molecule has 1 aromatic carbocycles. The fourth-order valence-electron chi connectivity index (χ4n) is 1.79. The van der Waals surface area contributed by atoms with Gasteiger partial charge in [0.2, 0.25) is 0 Å². The Morgan fingerprint density at radius 2 is 2.43 bits per heavy atom. The van der Waals surface area contributed by atoms with Crippen LogP contribution in [0.5, 0.6) is 0 Å². The zero-order valence-corrected chi connectivity index (χ0v) is 8.07. The molecule has 71 valence electrons. The SMILES string of the molecule is CC=CC(F)C1C=Cc2cc[c]cc21. The van der Waals surface area contributed by atoms with Gasteiger partial charge in [0.1, 0.15) is 6.17 Å². The second-order valence-electron chi connectivity index (χ2n) is 3.41. The molecule has 0 saturated heterocycles. The summed E-state index contributed by atoms with van der Waals surface area (Å²) in [4.78, 5) is 0. The van der Waals surface area contributed by atoms with Gasteiger partial charge in [-0.3, -0.25) is 0 Å². The van der Waals surface area contributed by atoms with Crippen LogP contribution in [0.2, 0.25) is 0 Å². The first-order valence-corrected chi connectivity index (χ1v) is 4.78. The Kier molecular flexibility index (Phi) is 2.49. The van der Waals surface area contributed by atoms with Gasteiger partial charge in [-0.15, -0.1) is 0 Å². The van der Waals surface area contributed by atoms with Crippen molar-refractivity contribution in [1.29, 1.82) is 0 Å². The smallest absolute Gasteiger partial charge is 0.129 e. The Morgan fingerprint density at radius 3 is 3.21 bits per heavy atom. The molecule has 0 nitrogen and oxygen atoms in total. The lowest BCUT2D eigenvalue weighted by Crippen LogP contribution is -2.07. The Bertz CT molecular complexity index is 377. The summed E-state index contributed by atoms with van der Waals surface area (Å²) in [6.45, 7) is 1.84. The summed E-state index contributed by atoms with van der Waals surface area (Å²) in [6, 6.07) is 8.68. The summed E-state index contributed by atoms with van der Waals surface area (Å²) in [5.74, 6) is -0.126. The molecule has 1 radical (unpaired) electrons. The topological polar surface area (TPSA) is 0 Å². The second-order valence-corrected chi connectivity index (χ2v) is 3.41. The summed E-state index contributed by atoms with van der Waals surface area (Å²) >= 11 is 0. The van der Waals surface area contributed by atoms with Crippen molar-refractivity contribution in [3.05, 3.63) is 53.6 Å². The third kappa shape index (κ3) is 1.50. The first-order chi connectivity index (χ1) is 6.83. The van der Waals surface area contributed by atoms with Crippen LogP contribution in [0.3, 0.4) is 0 Å². The minimum absolute atomic E-state index is 0.126. The monoisotopic (exact) mass is 187 g/mol. The van der Waals surface area contributed by atoms with Gasteiger partial charge in [0.15, 0.2) is 0 Å². The molecule has 2 rings (SSSR count). The van der Waals surface area contributed by atoms with E-state index in [-0.39, 0.29) is 5.92 Å². The number of fused-ring (bicyclic) bond motifs is 1. The molecular formula is C13H12F. The van der Waals surface area contributed by atoms with Crippen LogP contribution >= 0.6 is 0 Å². The standard InChI is InChI=1S/C13H12F/c1-2-5-13(14)12-9-8-10-6-3-4-7-11(10)12/h2-3,5-9,12-13H,1H3. The number of hydrogen-bond acceptors (Lipinski definition) is 0. The quantitative estimate of drug-likeness (QED) is 0.621. The fourth-order valence-corrected chi connectivity index (χ4v) is 1.79. The first kappa shape index (κ1) is 9.20. The van der Waals surface area contributed by atoms with Crippen molar-refractivity contribution in [3.63, 3.8) is 0 Å². The van der Waals surface area contributed by atoms with E-state index in [1.165, 1.54) is 0 Å². The molecule has 0 saturated carbocycles. The second kappa shape index (κ2) is 3.79. The van der Waals surface area contributed by atoms with Gasteiger partial charge in [-0.1, -0.05) is 36.4 Å². The number of halogens is 1. The van der Waals surface area contributed by atoms with Gasteiger partial charge in [0.05, 0.1) is 0 Å². The van der Waals surface area contributed by atoms with E-state index in [1.807, 2.05) is 37.3 Å². The average molecular weight is 187 g/mol. The van der Waals surface area contributed by atoms with Gasteiger partial charge >= 0.3 is 0 Å². The van der Waals surface area contributed by atoms with E-state index in [1.54, 1.807) is 12.2 Å². The molecule has 1 aromatic rings. The van der Waals surface area contributed by atoms with Crippen LogP contribution in [0.4, 0.5) is 4.39 Å². The number of rotatable bonds is 2. The highest BCUT2D eigenvalue weighted by Gasteiger charge is 2.23. The van der Waals surface area contributed by atoms with Crippen LogP contribution in [0.25, 0.3) is 6.08 Å². The van der Waals surface area contributed by atoms with E-state index in [0.717, 1.165) is 11.1 Å². The molecule has 0 N–H and O–H groups in total. The van der Waals surface area contributed by atoms with Crippen LogP contribution in [0.1, 0.15) is 24.0 Å². The van der Waals surface area contributed by atoms with E-state index in [0.29, 0.717) is 0 Å². The van der Waals surface area contributed by atoms with E-state index < -0.39 is 6.17 Å². The van der Waals surface area contributed by atoms with Gasteiger partial charge in [-0.2, -0.15) is 0 Å². The van der Waals surface area contributed by atoms with Gasteiger partial charge in [-0.05, 0) is 30.2 Å². The Balaban J connectivity index is 2.30. The maximum Gasteiger partial charge on any atom is 0.129 e. The number of hydrogen-bond donors (Lipinski definition) is 0. The molecule has 1 heteroatoms. The molecule has 0 bridgehead atoms. The summed E-state index contributed by atoms with van der Waals surface area (Å²) in [7, 11) is 0. The molecule has 2 atom stereocenters. The minimum atomic E-state index is -0.923. The lowest BCUT2D eigenvalue weighted by Gasteiger charge is -2.12. The Labute approximate surface area is 83.8 Å². The molecule has 0 heterocycles. The molecule has 0 aromatic heterocycles. The zero-order chi connectivity index (χ0) is 9.97. The molecule has 0 fully saturated rings. The van der Waals surface area contributed by atoms with Crippen molar-refractivity contribution in [2.24, 2.45) is 0 Å². The van der Waals surface area contributed by atoms with Crippen LogP contribution in [0.15, 0.2) is 36.4 Å². The molecule has 0 amide bonds. The maximum absolute atomic E-state index is 13.6. The zero-order valence-electron chi connectivity index (χ0n) is 8.07. The van der Waals surface area contributed by atoms with Gasteiger partial charge in [-0.25, -0.2) is 4.39 Å². The summed E-state index contributed by atoms with van der Waals surface area (Å²) in [5, 5.41) is 0. The van der Waals surface area contributed by atoms with Crippen molar-refractivity contribution < 1.29 is 4.39 Å². The Hall–Kier alpha value is -1.37. The number of alkyl halides is 1. The van der Waals surface area contributed by atoms with E-state index in [9.17, 15) is 4.39 Å². The van der Waals surface area contributed by atoms with Crippen LogP contribution in [0, 0.1) is 6.07 Å². The minimum Gasteiger partial charge on any atom is -0.242 e. The average Bonchev–Trinajstić information content (AvgIpc) is 2.61. The highest BCUT2D eigenvalue weighted by molar-refractivity contribution is 5.62. The predicted molar refractivity (Wildman–Crippen MR) is 56.8 cm³/mol. The molecular weight excluding hydrogens is 175 g/mol. The molecule has 14 heavy (non-hydrogen) atoms. The maximum atomic E-state index is 13.6. The molecule has 1 aliphatic carbocycles. The van der Waals surface area contributed by atoms with Crippen LogP contribution in [-0.2, 0) is 0 Å². The van der Waals surface area contributed by atoms with Crippen LogP contribution in [-0.4, -0.2) is 6.17 Å². The van der Waals surface area contributed by atoms with Crippen molar-refractivity contribution >= 4 is 6.08 Å². The van der Waals surface area contributed by atoms with Gasteiger partial charge in [0.25, 0.3) is 0 Å². The van der Waals surface area contributed by atoms with Crippen molar-refractivity contribution in [3.8, 4) is 0 Å². The van der Waals surface area contributed by atoms with E-state index in [2.05, 4.69) is 6.07 Å². The predicted octanol–water partition coefficient (Wildman–Crippen LogP) is 3.51. The van der Waals surface area contributed by atoms with Gasteiger partial charge in [0, 0.05) is 5.92 Å². The van der Waals surface area contributed by atoms with E-state index >= 15 is 0 Å². The van der Waals surface area contributed by atoms with Crippen molar-refractivity contribution in [2.75, 3.05) is 0 Å². The third-order valence-corrected chi connectivity index (χ3v) is 2.49. The number of allylic oxidation sites excluding steroid dienone is 3. The molecule has 0 spiro atoms. The van der Waals surface area contributed by atoms with Gasteiger partial charge < -0.3 is 0 Å². The lowest BCUT2D eigenvalue weighted by atomic mass is 9.96. The largest absolute Gasteiger partial charge is 0.242 e. The summed E-state index contributed by atoms with van der Waals surface area (Å²) in [5.41, 5.74) is 2.15. The number of benzene rings is 1. The fraction of sp³-hybridized carbons (Fsp3) is 0.231. The molecule has 1 aliphatic rings. The van der Waals surface area contributed by atoms with E-state index in [4.69, 9.17) is 0 Å². The highest BCUT2D eigenvalue weighted by atomic mass is 19.1. The first-order valence-electron chi connectivity index (χ1n) is 4.78. The molecule has 2 unspecified atom stereocenters. The lowest BCUT2D eigenvalue weighted by molar-refractivity contribution is 0.373. The van der Waals surface area contributed by atoms with Crippen molar-refractivity contribution in [1.82, 2.24) is 0 Å². The third-order valence-electron chi connectivity index (χ3n) is 2.49. The van der Waals surface area contributed by atoms with Crippen LogP contribution < -0.4 is 0 Å².